The Morgan fingerprint density at radius 1 is 1.00 bits per heavy atom. The van der Waals surface area contributed by atoms with Crippen LogP contribution in [0.15, 0.2) is 70.0 Å². The second kappa shape index (κ2) is 10.5. The number of rotatable bonds is 8. The van der Waals surface area contributed by atoms with E-state index in [0.717, 1.165) is 9.87 Å². The predicted molar refractivity (Wildman–Crippen MR) is 133 cm³/mol. The highest BCUT2D eigenvalue weighted by atomic mass is 79.9. The van der Waals surface area contributed by atoms with Crippen LogP contribution in [0.2, 0.25) is 5.02 Å². The highest BCUT2D eigenvalue weighted by Crippen LogP contribution is 2.32. The molecule has 0 aliphatic heterocycles. The number of carbonyl (C=O) groups is 1. The first-order chi connectivity index (χ1) is 15.6. The number of hydrogen-bond donors (Lipinski definition) is 1. The lowest BCUT2D eigenvalue weighted by molar-refractivity contribution is -0.114. The third-order valence-corrected chi connectivity index (χ3v) is 7.76. The molecule has 0 aliphatic carbocycles. The third kappa shape index (κ3) is 5.79. The van der Waals surface area contributed by atoms with E-state index in [1.54, 1.807) is 42.5 Å². The summed E-state index contributed by atoms with van der Waals surface area (Å²) in [6.45, 7) is 1.44. The van der Waals surface area contributed by atoms with Gasteiger partial charge in [0.1, 0.15) is 6.54 Å². The second-order valence-electron chi connectivity index (χ2n) is 7.04. The van der Waals surface area contributed by atoms with E-state index < -0.39 is 22.5 Å². The maximum atomic E-state index is 13.6. The minimum Gasteiger partial charge on any atom is -0.493 e. The van der Waals surface area contributed by atoms with Gasteiger partial charge in [0, 0.05) is 16.2 Å². The molecule has 3 aromatic carbocycles. The van der Waals surface area contributed by atoms with Crippen LogP contribution in [-0.2, 0) is 14.8 Å². The predicted octanol–water partition coefficient (Wildman–Crippen LogP) is 5.26. The molecule has 7 nitrogen and oxygen atoms in total. The summed E-state index contributed by atoms with van der Waals surface area (Å²) in [4.78, 5) is 12.8. The Morgan fingerprint density at radius 2 is 1.67 bits per heavy atom. The Morgan fingerprint density at radius 3 is 2.27 bits per heavy atom. The quantitative estimate of drug-likeness (QED) is 0.411. The number of halogens is 2. The number of nitrogens with zero attached hydrogens (tertiary/aromatic N) is 1. The molecule has 1 N–H and O–H groups in total. The van der Waals surface area contributed by atoms with Crippen molar-refractivity contribution in [1.29, 1.82) is 0 Å². The number of carbonyl (C=O) groups excluding carboxylic acids is 1. The van der Waals surface area contributed by atoms with E-state index in [1.807, 2.05) is 6.92 Å². The van der Waals surface area contributed by atoms with Crippen molar-refractivity contribution in [3.63, 3.8) is 0 Å². The summed E-state index contributed by atoms with van der Waals surface area (Å²) in [5.74, 6) is 0.123. The van der Waals surface area contributed by atoms with Crippen LogP contribution < -0.4 is 19.1 Å². The summed E-state index contributed by atoms with van der Waals surface area (Å²) in [5.41, 5.74) is 1.75. The number of amides is 1. The fourth-order valence-corrected chi connectivity index (χ4v) is 4.90. The molecule has 3 aromatic rings. The molecule has 0 aliphatic rings. The highest BCUT2D eigenvalue weighted by molar-refractivity contribution is 9.10. The van der Waals surface area contributed by atoms with Gasteiger partial charge in [-0.05, 0) is 65.3 Å². The van der Waals surface area contributed by atoms with Gasteiger partial charge < -0.3 is 14.8 Å². The zero-order valence-corrected chi connectivity index (χ0v) is 21.3. The second-order valence-corrected chi connectivity index (χ2v) is 10.2. The molecule has 0 bridgehead atoms. The standard InChI is InChI=1S/C23H22BrClN2O5S/c1-15-4-7-17(8-5-15)27(14-23(28)26-16-6-10-19(24)20(25)12-16)33(29,30)18-9-11-21(31-2)22(13-18)32-3/h4-13H,14H2,1-3H3,(H,26,28). The SMILES string of the molecule is COc1ccc(S(=O)(=O)N(CC(=O)Nc2ccc(Br)c(Cl)c2)c2ccc(C)cc2)cc1OC. The summed E-state index contributed by atoms with van der Waals surface area (Å²) in [6.07, 6.45) is 0. The van der Waals surface area contributed by atoms with Gasteiger partial charge in [0.15, 0.2) is 11.5 Å². The van der Waals surface area contributed by atoms with E-state index in [4.69, 9.17) is 21.1 Å². The van der Waals surface area contributed by atoms with E-state index >= 15 is 0 Å². The molecule has 0 spiro atoms. The molecule has 33 heavy (non-hydrogen) atoms. The molecule has 0 heterocycles. The number of ether oxygens (including phenoxy) is 2. The van der Waals surface area contributed by atoms with Crippen LogP contribution >= 0.6 is 27.5 Å². The van der Waals surface area contributed by atoms with Crippen molar-refractivity contribution in [3.8, 4) is 11.5 Å². The average Bonchev–Trinajstić information content (AvgIpc) is 2.80. The number of hydrogen-bond acceptors (Lipinski definition) is 5. The summed E-state index contributed by atoms with van der Waals surface area (Å²) in [7, 11) is -1.24. The van der Waals surface area contributed by atoms with Crippen molar-refractivity contribution in [1.82, 2.24) is 0 Å². The van der Waals surface area contributed by atoms with Crippen LogP contribution in [0.1, 0.15) is 5.56 Å². The van der Waals surface area contributed by atoms with Gasteiger partial charge in [-0.15, -0.1) is 0 Å². The number of methoxy groups -OCH3 is 2. The maximum absolute atomic E-state index is 13.6. The molecule has 0 fully saturated rings. The summed E-state index contributed by atoms with van der Waals surface area (Å²) >= 11 is 9.39. The van der Waals surface area contributed by atoms with Crippen LogP contribution in [0.3, 0.4) is 0 Å². The molecule has 1 amide bonds. The molecule has 10 heteroatoms. The lowest BCUT2D eigenvalue weighted by Crippen LogP contribution is -2.38. The van der Waals surface area contributed by atoms with Gasteiger partial charge in [0.2, 0.25) is 5.91 Å². The Hall–Kier alpha value is -2.75. The van der Waals surface area contributed by atoms with Crippen LogP contribution in [0.5, 0.6) is 11.5 Å². The summed E-state index contributed by atoms with van der Waals surface area (Å²) in [6, 6.07) is 16.0. The molecule has 0 radical (unpaired) electrons. The van der Waals surface area contributed by atoms with E-state index in [1.165, 1.54) is 32.4 Å². The largest absolute Gasteiger partial charge is 0.493 e. The normalized spacial score (nSPS) is 11.1. The Balaban J connectivity index is 1.98. The van der Waals surface area contributed by atoms with Crippen LogP contribution in [0.4, 0.5) is 11.4 Å². The van der Waals surface area contributed by atoms with Crippen molar-refractivity contribution in [2.24, 2.45) is 0 Å². The van der Waals surface area contributed by atoms with Crippen molar-refractivity contribution in [2.75, 3.05) is 30.4 Å². The Labute approximate surface area is 206 Å². The zero-order chi connectivity index (χ0) is 24.2. The van der Waals surface area contributed by atoms with Gasteiger partial charge in [-0.1, -0.05) is 29.3 Å². The number of sulfonamides is 1. The van der Waals surface area contributed by atoms with E-state index in [-0.39, 0.29) is 10.6 Å². The molecular formula is C23H22BrClN2O5S. The number of nitrogens with one attached hydrogen (secondary N) is 1. The number of anilines is 2. The van der Waals surface area contributed by atoms with Crippen LogP contribution in [-0.4, -0.2) is 35.1 Å². The minimum atomic E-state index is -4.12. The van der Waals surface area contributed by atoms with E-state index in [2.05, 4.69) is 21.2 Å². The Kier molecular flexibility index (Phi) is 7.88. The van der Waals surface area contributed by atoms with Gasteiger partial charge in [-0.3, -0.25) is 9.10 Å². The first-order valence-corrected chi connectivity index (χ1v) is 12.3. The molecule has 0 saturated heterocycles. The van der Waals surface area contributed by atoms with Crippen molar-refractivity contribution >= 4 is 54.8 Å². The molecule has 0 aromatic heterocycles. The van der Waals surface area contributed by atoms with E-state index in [0.29, 0.717) is 26.6 Å². The van der Waals surface area contributed by atoms with Crippen LogP contribution in [0, 0.1) is 6.92 Å². The van der Waals surface area contributed by atoms with Crippen molar-refractivity contribution < 1.29 is 22.7 Å². The molecule has 174 valence electrons. The summed E-state index contributed by atoms with van der Waals surface area (Å²) < 4.78 is 39.4. The minimum absolute atomic E-state index is 0.0415. The number of aryl methyl sites for hydroxylation is 1. The molecular weight excluding hydrogens is 532 g/mol. The van der Waals surface area contributed by atoms with Gasteiger partial charge in [-0.25, -0.2) is 8.42 Å². The molecule has 3 rings (SSSR count). The monoisotopic (exact) mass is 552 g/mol. The maximum Gasteiger partial charge on any atom is 0.264 e. The number of benzene rings is 3. The van der Waals surface area contributed by atoms with Crippen LogP contribution in [0.25, 0.3) is 0 Å². The summed E-state index contributed by atoms with van der Waals surface area (Å²) in [5, 5.41) is 3.11. The van der Waals surface area contributed by atoms with Gasteiger partial charge >= 0.3 is 0 Å². The first-order valence-electron chi connectivity index (χ1n) is 9.72. The average molecular weight is 554 g/mol. The molecule has 0 unspecified atom stereocenters. The van der Waals surface area contributed by atoms with E-state index in [9.17, 15) is 13.2 Å². The smallest absolute Gasteiger partial charge is 0.264 e. The van der Waals surface area contributed by atoms with Crippen molar-refractivity contribution in [2.45, 2.75) is 11.8 Å². The lowest BCUT2D eigenvalue weighted by Gasteiger charge is -2.24. The van der Waals surface area contributed by atoms with Gasteiger partial charge in [-0.2, -0.15) is 0 Å². The first kappa shape index (κ1) is 24.9. The topological polar surface area (TPSA) is 84.9 Å². The third-order valence-electron chi connectivity index (χ3n) is 4.76. The molecule has 0 atom stereocenters. The fraction of sp³-hybridized carbons (Fsp3) is 0.174. The molecule has 0 saturated carbocycles. The van der Waals surface area contributed by atoms with Gasteiger partial charge in [0.25, 0.3) is 10.0 Å². The zero-order valence-electron chi connectivity index (χ0n) is 18.1. The highest BCUT2D eigenvalue weighted by Gasteiger charge is 2.28. The fourth-order valence-electron chi connectivity index (χ4n) is 3.04. The van der Waals surface area contributed by atoms with Gasteiger partial charge in [0.05, 0.1) is 29.8 Å². The van der Waals surface area contributed by atoms with Crippen molar-refractivity contribution in [3.05, 3.63) is 75.7 Å². The Bertz CT molecular complexity index is 1270. The lowest BCUT2D eigenvalue weighted by atomic mass is 10.2.